The Balaban J connectivity index is 1.82. The van der Waals surface area contributed by atoms with Crippen LogP contribution < -0.4 is 16.0 Å². The van der Waals surface area contributed by atoms with Gasteiger partial charge in [0.1, 0.15) is 17.1 Å². The lowest BCUT2D eigenvalue weighted by molar-refractivity contribution is -0.116. The van der Waals surface area contributed by atoms with Crippen LogP contribution in [0.4, 0.5) is 16.2 Å². The summed E-state index contributed by atoms with van der Waals surface area (Å²) >= 11 is 0. The second-order valence-corrected chi connectivity index (χ2v) is 7.50. The van der Waals surface area contributed by atoms with Crippen molar-refractivity contribution in [2.24, 2.45) is 0 Å². The molecule has 2 rings (SSSR count). The molecule has 0 aromatic heterocycles. The molecular weight excluding hydrogens is 390 g/mol. The number of hydrogen-bond acceptors (Lipinski definition) is 6. The molecule has 0 atom stereocenters. The monoisotopic (exact) mass is 415 g/mol. The molecule has 30 heavy (non-hydrogen) atoms. The van der Waals surface area contributed by atoms with Gasteiger partial charge in [-0.25, -0.2) is 4.79 Å². The Morgan fingerprint density at radius 1 is 0.900 bits per heavy atom. The van der Waals surface area contributed by atoms with Gasteiger partial charge in [-0.3, -0.25) is 9.59 Å². The number of ether oxygens (including phenoxy) is 1. The molecule has 2 aromatic carbocycles. The molecule has 0 bridgehead atoms. The average Bonchev–Trinajstić information content (AvgIpc) is 2.61. The number of phenols is 2. The van der Waals surface area contributed by atoms with E-state index in [-0.39, 0.29) is 35.9 Å². The number of hydrogen-bond donors (Lipinski definition) is 5. The number of aromatic hydroxyl groups is 2. The van der Waals surface area contributed by atoms with E-state index in [1.54, 1.807) is 45.0 Å². The standard InChI is InChI=1S/C21H25N3O6/c1-21(2,3)30-20(29)22-9-8-18(27)23-14-4-6-15(7-5-14)24-19(28)13-10-16(25)12-17(26)11-13/h4-7,10-12,25-26H,8-9H2,1-3H3,(H,22,29)(H,23,27)(H,24,28). The van der Waals surface area contributed by atoms with Gasteiger partial charge >= 0.3 is 6.09 Å². The van der Waals surface area contributed by atoms with Gasteiger partial charge in [0.25, 0.3) is 5.91 Å². The van der Waals surface area contributed by atoms with Gasteiger partial charge in [-0.15, -0.1) is 0 Å². The van der Waals surface area contributed by atoms with Crippen molar-refractivity contribution in [3.63, 3.8) is 0 Å². The minimum atomic E-state index is -0.606. The van der Waals surface area contributed by atoms with Gasteiger partial charge in [-0.05, 0) is 57.2 Å². The average molecular weight is 415 g/mol. The highest BCUT2D eigenvalue weighted by atomic mass is 16.6. The Kier molecular flexibility index (Phi) is 7.24. The highest BCUT2D eigenvalue weighted by Gasteiger charge is 2.16. The maximum Gasteiger partial charge on any atom is 0.407 e. The van der Waals surface area contributed by atoms with Crippen molar-refractivity contribution in [2.45, 2.75) is 32.8 Å². The molecule has 160 valence electrons. The van der Waals surface area contributed by atoms with Gasteiger partial charge in [0.05, 0.1) is 0 Å². The molecule has 0 spiro atoms. The van der Waals surface area contributed by atoms with Gasteiger partial charge < -0.3 is 30.9 Å². The second-order valence-electron chi connectivity index (χ2n) is 7.50. The van der Waals surface area contributed by atoms with E-state index in [2.05, 4.69) is 16.0 Å². The minimum absolute atomic E-state index is 0.0682. The summed E-state index contributed by atoms with van der Waals surface area (Å²) in [6.07, 6.45) is -0.519. The Hall–Kier alpha value is -3.75. The van der Waals surface area contributed by atoms with Crippen LogP contribution >= 0.6 is 0 Å². The van der Waals surface area contributed by atoms with Crippen LogP contribution in [0.1, 0.15) is 37.6 Å². The molecule has 0 aliphatic carbocycles. The zero-order valence-electron chi connectivity index (χ0n) is 17.0. The van der Waals surface area contributed by atoms with Crippen LogP contribution in [0.5, 0.6) is 11.5 Å². The summed E-state index contributed by atoms with van der Waals surface area (Å²) in [6.45, 7) is 5.38. The zero-order chi connectivity index (χ0) is 22.3. The Bertz CT molecular complexity index is 899. The van der Waals surface area contributed by atoms with Crippen LogP contribution in [0, 0.1) is 0 Å². The fourth-order valence-corrected chi connectivity index (χ4v) is 2.38. The van der Waals surface area contributed by atoms with Crippen molar-refractivity contribution >= 4 is 29.3 Å². The first kappa shape index (κ1) is 22.5. The molecule has 2 aromatic rings. The summed E-state index contributed by atoms with van der Waals surface area (Å²) in [5.74, 6) is -1.25. The third-order valence-electron chi connectivity index (χ3n) is 3.61. The quantitative estimate of drug-likeness (QED) is 0.491. The molecule has 0 fully saturated rings. The second kappa shape index (κ2) is 9.64. The largest absolute Gasteiger partial charge is 0.508 e. The molecular formula is C21H25N3O6. The van der Waals surface area contributed by atoms with Crippen LogP contribution in [-0.4, -0.2) is 40.3 Å². The molecule has 0 heterocycles. The number of carbonyl (C=O) groups excluding carboxylic acids is 3. The summed E-state index contributed by atoms with van der Waals surface area (Å²) in [5.41, 5.74) is 0.477. The van der Waals surface area contributed by atoms with Crippen LogP contribution in [-0.2, 0) is 9.53 Å². The SMILES string of the molecule is CC(C)(C)OC(=O)NCCC(=O)Nc1ccc(NC(=O)c2cc(O)cc(O)c2)cc1. The third kappa shape index (κ3) is 7.70. The fourth-order valence-electron chi connectivity index (χ4n) is 2.38. The van der Waals surface area contributed by atoms with Gasteiger partial charge in [0.15, 0.2) is 0 Å². The maximum atomic E-state index is 12.2. The van der Waals surface area contributed by atoms with Crippen molar-refractivity contribution in [3.8, 4) is 11.5 Å². The van der Waals surface area contributed by atoms with Gasteiger partial charge in [-0.2, -0.15) is 0 Å². The van der Waals surface area contributed by atoms with Crippen molar-refractivity contribution in [2.75, 3.05) is 17.2 Å². The van der Waals surface area contributed by atoms with E-state index in [0.717, 1.165) is 6.07 Å². The molecule has 9 heteroatoms. The van der Waals surface area contributed by atoms with Crippen LogP contribution in [0.25, 0.3) is 0 Å². The number of carbonyl (C=O) groups is 3. The number of phenolic OH excluding ortho intramolecular Hbond substituents is 2. The highest BCUT2D eigenvalue weighted by molar-refractivity contribution is 6.05. The number of benzene rings is 2. The van der Waals surface area contributed by atoms with Crippen molar-refractivity contribution in [1.29, 1.82) is 0 Å². The number of amides is 3. The van der Waals surface area contributed by atoms with Crippen molar-refractivity contribution < 1.29 is 29.3 Å². The van der Waals surface area contributed by atoms with Crippen molar-refractivity contribution in [3.05, 3.63) is 48.0 Å². The first-order valence-electron chi connectivity index (χ1n) is 9.23. The van der Waals surface area contributed by atoms with E-state index in [1.165, 1.54) is 12.1 Å². The Labute approximate surface area is 174 Å². The molecule has 3 amide bonds. The Morgan fingerprint density at radius 2 is 1.43 bits per heavy atom. The lowest BCUT2D eigenvalue weighted by Gasteiger charge is -2.19. The normalized spacial score (nSPS) is 10.8. The van der Waals surface area contributed by atoms with Gasteiger partial charge in [0, 0.05) is 36.0 Å². The summed E-state index contributed by atoms with van der Waals surface area (Å²) < 4.78 is 5.08. The molecule has 0 saturated carbocycles. The van der Waals surface area contributed by atoms with Crippen molar-refractivity contribution in [1.82, 2.24) is 5.32 Å². The smallest absolute Gasteiger partial charge is 0.407 e. The first-order valence-corrected chi connectivity index (χ1v) is 9.23. The number of anilines is 2. The summed E-state index contributed by atoms with van der Waals surface area (Å²) in [6, 6.07) is 9.98. The summed E-state index contributed by atoms with van der Waals surface area (Å²) in [7, 11) is 0. The molecule has 0 aliphatic heterocycles. The highest BCUT2D eigenvalue weighted by Crippen LogP contribution is 2.22. The maximum absolute atomic E-state index is 12.2. The predicted molar refractivity (Wildman–Crippen MR) is 112 cm³/mol. The number of alkyl carbamates (subject to hydrolysis) is 1. The Morgan fingerprint density at radius 3 is 1.97 bits per heavy atom. The van der Waals surface area contributed by atoms with E-state index in [4.69, 9.17) is 4.74 Å². The first-order chi connectivity index (χ1) is 14.0. The predicted octanol–water partition coefficient (Wildman–Crippen LogP) is 3.20. The molecule has 5 N–H and O–H groups in total. The third-order valence-corrected chi connectivity index (χ3v) is 3.61. The lowest BCUT2D eigenvalue weighted by Crippen LogP contribution is -2.34. The van der Waals surface area contributed by atoms with Crippen LogP contribution in [0.3, 0.4) is 0 Å². The van der Waals surface area contributed by atoms with E-state index >= 15 is 0 Å². The van der Waals surface area contributed by atoms with E-state index in [1.807, 2.05) is 0 Å². The zero-order valence-corrected chi connectivity index (χ0v) is 17.0. The van der Waals surface area contributed by atoms with Crippen LogP contribution in [0.2, 0.25) is 0 Å². The molecule has 0 radical (unpaired) electrons. The summed E-state index contributed by atoms with van der Waals surface area (Å²) in [5, 5.41) is 26.7. The minimum Gasteiger partial charge on any atom is -0.508 e. The number of nitrogens with one attached hydrogen (secondary N) is 3. The van der Waals surface area contributed by atoms with E-state index < -0.39 is 17.6 Å². The summed E-state index contributed by atoms with van der Waals surface area (Å²) in [4.78, 5) is 35.7. The van der Waals surface area contributed by atoms with Gasteiger partial charge in [-0.1, -0.05) is 0 Å². The molecule has 0 saturated heterocycles. The molecule has 0 unspecified atom stereocenters. The fraction of sp³-hybridized carbons (Fsp3) is 0.286. The lowest BCUT2D eigenvalue weighted by atomic mass is 10.2. The molecule has 0 aliphatic rings. The van der Waals surface area contributed by atoms with E-state index in [9.17, 15) is 24.6 Å². The topological polar surface area (TPSA) is 137 Å². The molecule has 9 nitrogen and oxygen atoms in total. The van der Waals surface area contributed by atoms with E-state index in [0.29, 0.717) is 11.4 Å². The van der Waals surface area contributed by atoms with Gasteiger partial charge in [0.2, 0.25) is 5.91 Å². The number of rotatable bonds is 6. The van der Waals surface area contributed by atoms with Crippen LogP contribution in [0.15, 0.2) is 42.5 Å².